The average Bonchev–Trinajstić information content (AvgIpc) is 2.26. The number of β-amino-alcohol motifs (C(OH)–C–C–N with tert-alkyl or cyclic N) is 1. The molecule has 2 N–H and O–H groups in total. The van der Waals surface area contributed by atoms with E-state index in [9.17, 15) is 5.11 Å². The molecular weight excluding hydrogens is 232 g/mol. The molecule has 1 aliphatic rings. The second kappa shape index (κ2) is 6.98. The first-order valence-corrected chi connectivity index (χ1v) is 7.77. The van der Waals surface area contributed by atoms with Gasteiger partial charge < -0.3 is 10.4 Å². The molecule has 1 aliphatic heterocycles. The van der Waals surface area contributed by atoms with E-state index in [1.165, 1.54) is 12.2 Å². The second-order valence-electron chi connectivity index (χ2n) is 5.67. The lowest BCUT2D eigenvalue weighted by atomic mass is 10.1. The average molecular weight is 260 g/mol. The number of nitrogens with zero attached hydrogens (tertiary/aromatic N) is 1. The molecule has 0 radical (unpaired) electrons. The van der Waals surface area contributed by atoms with Gasteiger partial charge in [-0.1, -0.05) is 20.8 Å². The van der Waals surface area contributed by atoms with Crippen LogP contribution in [0.3, 0.4) is 0 Å². The predicted octanol–water partition coefficient (Wildman–Crippen LogP) is 1.56. The summed E-state index contributed by atoms with van der Waals surface area (Å²) < 4.78 is 0. The van der Waals surface area contributed by atoms with Crippen LogP contribution in [0.15, 0.2) is 0 Å². The highest BCUT2D eigenvalue weighted by Gasteiger charge is 2.27. The van der Waals surface area contributed by atoms with Crippen molar-refractivity contribution in [2.75, 3.05) is 31.9 Å². The number of hydrogen-bond donors (Lipinski definition) is 2. The van der Waals surface area contributed by atoms with E-state index in [-0.39, 0.29) is 0 Å². The summed E-state index contributed by atoms with van der Waals surface area (Å²) in [5, 5.41) is 14.4. The van der Waals surface area contributed by atoms with Crippen LogP contribution in [-0.4, -0.2) is 58.8 Å². The molecule has 0 aromatic heterocycles. The maximum absolute atomic E-state index is 10.4. The smallest absolute Gasteiger partial charge is 0.0869 e. The van der Waals surface area contributed by atoms with Gasteiger partial charge in [-0.25, -0.2) is 0 Å². The molecule has 0 spiro atoms. The standard InChI is InChI=1S/C13H28N2OS/c1-5-12-8-15(6-7-17-12)10-13(4,16)9-14-11(2)3/h11-12,14,16H,5-10H2,1-4H3. The minimum Gasteiger partial charge on any atom is -0.388 e. The minimum atomic E-state index is -0.620. The van der Waals surface area contributed by atoms with Gasteiger partial charge >= 0.3 is 0 Å². The number of rotatable bonds is 6. The molecule has 3 nitrogen and oxygen atoms in total. The fourth-order valence-electron chi connectivity index (χ4n) is 2.13. The van der Waals surface area contributed by atoms with Gasteiger partial charge in [0.1, 0.15) is 0 Å². The zero-order chi connectivity index (χ0) is 12.9. The van der Waals surface area contributed by atoms with Gasteiger partial charge in [0.15, 0.2) is 0 Å². The van der Waals surface area contributed by atoms with Crippen molar-refractivity contribution < 1.29 is 5.11 Å². The van der Waals surface area contributed by atoms with Crippen LogP contribution in [0.2, 0.25) is 0 Å². The Morgan fingerprint density at radius 1 is 1.53 bits per heavy atom. The Bertz CT molecular complexity index is 221. The lowest BCUT2D eigenvalue weighted by Crippen LogP contribution is -2.51. The summed E-state index contributed by atoms with van der Waals surface area (Å²) in [6.45, 7) is 12.1. The summed E-state index contributed by atoms with van der Waals surface area (Å²) in [6.07, 6.45) is 1.23. The third-order valence-electron chi connectivity index (χ3n) is 3.13. The summed E-state index contributed by atoms with van der Waals surface area (Å²) in [7, 11) is 0. The third-order valence-corrected chi connectivity index (χ3v) is 4.51. The summed E-state index contributed by atoms with van der Waals surface area (Å²) in [5.74, 6) is 1.20. The zero-order valence-corrected chi connectivity index (χ0v) is 12.5. The summed E-state index contributed by atoms with van der Waals surface area (Å²) in [4.78, 5) is 2.41. The number of hydrogen-bond acceptors (Lipinski definition) is 4. The van der Waals surface area contributed by atoms with E-state index in [4.69, 9.17) is 0 Å². The quantitative estimate of drug-likeness (QED) is 0.760. The molecule has 4 heteroatoms. The maximum Gasteiger partial charge on any atom is 0.0869 e. The Hall–Kier alpha value is 0.230. The van der Waals surface area contributed by atoms with E-state index in [2.05, 4.69) is 42.7 Å². The van der Waals surface area contributed by atoms with Crippen molar-refractivity contribution >= 4 is 11.8 Å². The first kappa shape index (κ1) is 15.3. The Morgan fingerprint density at radius 2 is 2.24 bits per heavy atom. The molecule has 17 heavy (non-hydrogen) atoms. The molecule has 1 rings (SSSR count). The van der Waals surface area contributed by atoms with Gasteiger partial charge in [0.25, 0.3) is 0 Å². The van der Waals surface area contributed by atoms with Crippen molar-refractivity contribution in [2.45, 2.75) is 51.0 Å². The highest BCUT2D eigenvalue weighted by molar-refractivity contribution is 8.00. The summed E-state index contributed by atoms with van der Waals surface area (Å²) in [6, 6.07) is 0.432. The number of nitrogens with one attached hydrogen (secondary N) is 1. The van der Waals surface area contributed by atoms with Crippen LogP contribution in [0.4, 0.5) is 0 Å². The highest BCUT2D eigenvalue weighted by Crippen LogP contribution is 2.22. The molecule has 102 valence electrons. The first-order valence-electron chi connectivity index (χ1n) is 6.72. The molecule has 2 unspecified atom stereocenters. The molecule has 0 aromatic rings. The van der Waals surface area contributed by atoms with Gasteiger partial charge in [0.05, 0.1) is 5.60 Å². The maximum atomic E-state index is 10.4. The molecule has 2 atom stereocenters. The van der Waals surface area contributed by atoms with Crippen LogP contribution in [0.1, 0.15) is 34.1 Å². The van der Waals surface area contributed by atoms with Crippen LogP contribution in [0.25, 0.3) is 0 Å². The molecule has 1 heterocycles. The van der Waals surface area contributed by atoms with Gasteiger partial charge in [0, 0.05) is 43.2 Å². The fraction of sp³-hybridized carbons (Fsp3) is 1.00. The summed E-state index contributed by atoms with van der Waals surface area (Å²) in [5.41, 5.74) is -0.620. The number of aliphatic hydroxyl groups is 1. The minimum absolute atomic E-state index is 0.432. The monoisotopic (exact) mass is 260 g/mol. The van der Waals surface area contributed by atoms with Gasteiger partial charge in [0.2, 0.25) is 0 Å². The molecule has 1 saturated heterocycles. The van der Waals surface area contributed by atoms with Gasteiger partial charge in [-0.05, 0) is 13.3 Å². The van der Waals surface area contributed by atoms with Crippen molar-refractivity contribution in [3.8, 4) is 0 Å². The van der Waals surface area contributed by atoms with Gasteiger partial charge in [-0.3, -0.25) is 4.90 Å². The van der Waals surface area contributed by atoms with Crippen LogP contribution < -0.4 is 5.32 Å². The molecule has 0 amide bonds. The van der Waals surface area contributed by atoms with Crippen LogP contribution in [-0.2, 0) is 0 Å². The van der Waals surface area contributed by atoms with Crippen molar-refractivity contribution in [2.24, 2.45) is 0 Å². The van der Waals surface area contributed by atoms with Crippen molar-refractivity contribution in [1.29, 1.82) is 0 Å². The lowest BCUT2D eigenvalue weighted by Gasteiger charge is -2.37. The third kappa shape index (κ3) is 6.09. The fourth-order valence-corrected chi connectivity index (χ4v) is 3.38. The van der Waals surface area contributed by atoms with Crippen LogP contribution >= 0.6 is 11.8 Å². The molecule has 0 aliphatic carbocycles. The lowest BCUT2D eigenvalue weighted by molar-refractivity contribution is 0.0195. The topological polar surface area (TPSA) is 35.5 Å². The van der Waals surface area contributed by atoms with Crippen molar-refractivity contribution in [3.63, 3.8) is 0 Å². The van der Waals surface area contributed by atoms with E-state index >= 15 is 0 Å². The van der Waals surface area contributed by atoms with Crippen LogP contribution in [0, 0.1) is 0 Å². The summed E-state index contributed by atoms with van der Waals surface area (Å²) >= 11 is 2.07. The SMILES string of the molecule is CCC1CN(CC(C)(O)CNC(C)C)CCS1. The molecule has 1 fully saturated rings. The van der Waals surface area contributed by atoms with E-state index in [0.717, 1.165) is 24.9 Å². The normalized spacial score (nSPS) is 26.1. The van der Waals surface area contributed by atoms with Crippen molar-refractivity contribution in [3.05, 3.63) is 0 Å². The molecule has 0 aromatic carbocycles. The zero-order valence-electron chi connectivity index (χ0n) is 11.7. The van der Waals surface area contributed by atoms with Gasteiger partial charge in [-0.2, -0.15) is 11.8 Å². The van der Waals surface area contributed by atoms with Crippen molar-refractivity contribution in [1.82, 2.24) is 10.2 Å². The first-order chi connectivity index (χ1) is 7.93. The van der Waals surface area contributed by atoms with E-state index < -0.39 is 5.60 Å². The molecule has 0 saturated carbocycles. The Balaban J connectivity index is 2.35. The van der Waals surface area contributed by atoms with Crippen LogP contribution in [0.5, 0.6) is 0 Å². The van der Waals surface area contributed by atoms with E-state index in [1.807, 2.05) is 6.92 Å². The van der Waals surface area contributed by atoms with Gasteiger partial charge in [-0.15, -0.1) is 0 Å². The van der Waals surface area contributed by atoms with E-state index in [0.29, 0.717) is 12.6 Å². The van der Waals surface area contributed by atoms with E-state index in [1.54, 1.807) is 0 Å². The molecule has 0 bridgehead atoms. The Kier molecular flexibility index (Phi) is 6.27. The second-order valence-corrected chi connectivity index (χ2v) is 7.08. The molecular formula is C13H28N2OS. The highest BCUT2D eigenvalue weighted by atomic mass is 32.2. The Labute approximate surface area is 110 Å². The predicted molar refractivity (Wildman–Crippen MR) is 76.7 cm³/mol. The largest absolute Gasteiger partial charge is 0.388 e. The number of thioether (sulfide) groups is 1. The Morgan fingerprint density at radius 3 is 2.82 bits per heavy atom.